The third-order valence-corrected chi connectivity index (χ3v) is 5.10. The van der Waals surface area contributed by atoms with Crippen molar-refractivity contribution in [3.63, 3.8) is 0 Å². The Morgan fingerprint density at radius 2 is 1.04 bits per heavy atom. The first-order chi connectivity index (χ1) is 13.1. The van der Waals surface area contributed by atoms with Crippen LogP contribution in [0.5, 0.6) is 0 Å². The molecule has 0 radical (unpaired) electrons. The molecule has 0 aliphatic carbocycles. The summed E-state index contributed by atoms with van der Waals surface area (Å²) in [6.45, 7) is 2.83. The van der Waals surface area contributed by atoms with Gasteiger partial charge in [-0.2, -0.15) is 0 Å². The fourth-order valence-electron chi connectivity index (χ4n) is 3.37. The van der Waals surface area contributed by atoms with Gasteiger partial charge in [0.1, 0.15) is 6.04 Å². The van der Waals surface area contributed by atoms with Gasteiger partial charge in [0.05, 0.1) is 6.42 Å². The second-order valence-corrected chi connectivity index (χ2v) is 7.75. The zero-order valence-electron chi connectivity index (χ0n) is 17.5. The zero-order valence-corrected chi connectivity index (χ0v) is 17.5. The Hall–Kier alpha value is -1.10. The van der Waals surface area contributed by atoms with Crippen molar-refractivity contribution >= 4 is 11.9 Å². The summed E-state index contributed by atoms with van der Waals surface area (Å²) in [5.74, 6) is -2.17. The molecular formula is C22H43NO4. The Labute approximate surface area is 166 Å². The molecule has 0 fully saturated rings. The Morgan fingerprint density at radius 1 is 0.667 bits per heavy atom. The highest BCUT2D eigenvalue weighted by Gasteiger charge is 2.19. The van der Waals surface area contributed by atoms with E-state index in [1.165, 1.54) is 89.9 Å². The number of carboxylic acid groups (broad SMARTS) is 2. The normalized spacial score (nSPS) is 12.2. The summed E-state index contributed by atoms with van der Waals surface area (Å²) >= 11 is 0. The number of unbranched alkanes of at least 4 members (excludes halogenated alkanes) is 15. The van der Waals surface area contributed by atoms with E-state index in [1.54, 1.807) is 0 Å². The van der Waals surface area contributed by atoms with Crippen molar-refractivity contribution in [3.05, 3.63) is 0 Å². The van der Waals surface area contributed by atoms with Crippen molar-refractivity contribution in [2.24, 2.45) is 0 Å². The van der Waals surface area contributed by atoms with Crippen LogP contribution >= 0.6 is 0 Å². The van der Waals surface area contributed by atoms with Crippen molar-refractivity contribution in [1.82, 2.24) is 5.32 Å². The molecule has 0 aromatic rings. The van der Waals surface area contributed by atoms with Gasteiger partial charge >= 0.3 is 11.9 Å². The van der Waals surface area contributed by atoms with E-state index in [1.807, 2.05) is 0 Å². The summed E-state index contributed by atoms with van der Waals surface area (Å²) in [4.78, 5) is 21.5. The van der Waals surface area contributed by atoms with Crippen molar-refractivity contribution in [2.45, 2.75) is 122 Å². The Bertz CT molecular complexity index is 360. The van der Waals surface area contributed by atoms with E-state index in [4.69, 9.17) is 10.2 Å². The molecule has 0 bridgehead atoms. The van der Waals surface area contributed by atoms with E-state index in [0.717, 1.165) is 12.8 Å². The SMILES string of the molecule is CCCCCCCCCCCCCCCCCCNC(CC(=O)O)C(=O)O. The van der Waals surface area contributed by atoms with Crippen molar-refractivity contribution < 1.29 is 19.8 Å². The predicted molar refractivity (Wildman–Crippen MR) is 111 cm³/mol. The molecule has 0 aliphatic heterocycles. The lowest BCUT2D eigenvalue weighted by molar-refractivity contribution is -0.145. The second-order valence-electron chi connectivity index (χ2n) is 7.75. The van der Waals surface area contributed by atoms with Gasteiger partial charge in [-0.15, -0.1) is 0 Å². The molecule has 0 saturated carbocycles. The number of rotatable bonds is 21. The largest absolute Gasteiger partial charge is 0.481 e. The van der Waals surface area contributed by atoms with Crippen LogP contribution in [0.15, 0.2) is 0 Å². The van der Waals surface area contributed by atoms with Crippen molar-refractivity contribution in [1.29, 1.82) is 0 Å². The zero-order chi connectivity index (χ0) is 20.2. The first-order valence-corrected chi connectivity index (χ1v) is 11.3. The highest BCUT2D eigenvalue weighted by atomic mass is 16.4. The monoisotopic (exact) mass is 385 g/mol. The number of carbonyl (C=O) groups is 2. The van der Waals surface area contributed by atoms with Gasteiger partial charge in [0.25, 0.3) is 0 Å². The van der Waals surface area contributed by atoms with Gasteiger partial charge in [-0.25, -0.2) is 0 Å². The molecule has 0 spiro atoms. The van der Waals surface area contributed by atoms with E-state index in [9.17, 15) is 9.59 Å². The molecular weight excluding hydrogens is 342 g/mol. The minimum atomic E-state index is -1.09. The van der Waals surface area contributed by atoms with Crippen LogP contribution in [0.1, 0.15) is 116 Å². The molecule has 3 N–H and O–H groups in total. The fourth-order valence-corrected chi connectivity index (χ4v) is 3.37. The predicted octanol–water partition coefficient (Wildman–Crippen LogP) is 5.77. The molecule has 0 heterocycles. The van der Waals surface area contributed by atoms with Crippen LogP contribution in [-0.4, -0.2) is 34.7 Å². The van der Waals surface area contributed by atoms with Gasteiger partial charge in [0.2, 0.25) is 0 Å². The van der Waals surface area contributed by atoms with Crippen LogP contribution in [0.3, 0.4) is 0 Å². The summed E-state index contributed by atoms with van der Waals surface area (Å²) in [7, 11) is 0. The Kier molecular flexibility index (Phi) is 18.9. The molecule has 0 aromatic heterocycles. The number of nitrogens with one attached hydrogen (secondary N) is 1. The summed E-state index contributed by atoms with van der Waals surface area (Å²) in [5, 5.41) is 20.4. The maximum Gasteiger partial charge on any atom is 0.321 e. The average molecular weight is 386 g/mol. The van der Waals surface area contributed by atoms with Crippen LogP contribution in [-0.2, 0) is 9.59 Å². The molecule has 0 rings (SSSR count). The summed E-state index contributed by atoms with van der Waals surface area (Å²) < 4.78 is 0. The first-order valence-electron chi connectivity index (χ1n) is 11.3. The minimum Gasteiger partial charge on any atom is -0.481 e. The highest BCUT2D eigenvalue weighted by molar-refractivity contribution is 5.80. The maximum atomic E-state index is 10.9. The Balaban J connectivity index is 3.24. The average Bonchev–Trinajstić information content (AvgIpc) is 2.62. The van der Waals surface area contributed by atoms with E-state index in [-0.39, 0.29) is 6.42 Å². The van der Waals surface area contributed by atoms with E-state index < -0.39 is 18.0 Å². The molecule has 1 unspecified atom stereocenters. The molecule has 0 aliphatic rings. The quantitative estimate of drug-likeness (QED) is 0.218. The lowest BCUT2D eigenvalue weighted by Gasteiger charge is -2.11. The molecule has 5 nitrogen and oxygen atoms in total. The van der Waals surface area contributed by atoms with Crippen LogP contribution in [0.4, 0.5) is 0 Å². The standard InChI is InChI=1S/C22H43NO4/c1-2-3-4-5-6-7-8-9-10-11-12-13-14-15-16-17-18-23-20(22(26)27)19-21(24)25/h20,23H,2-19H2,1H3,(H,24,25)(H,26,27). The molecule has 0 amide bonds. The second kappa shape index (κ2) is 19.7. The van der Waals surface area contributed by atoms with Crippen molar-refractivity contribution in [3.8, 4) is 0 Å². The van der Waals surface area contributed by atoms with Crippen LogP contribution in [0.2, 0.25) is 0 Å². The number of hydrogen-bond donors (Lipinski definition) is 3. The maximum absolute atomic E-state index is 10.9. The van der Waals surface area contributed by atoms with Crippen molar-refractivity contribution in [2.75, 3.05) is 6.54 Å². The fraction of sp³-hybridized carbons (Fsp3) is 0.909. The number of aliphatic carboxylic acids is 2. The molecule has 0 saturated heterocycles. The molecule has 160 valence electrons. The third-order valence-electron chi connectivity index (χ3n) is 5.10. The van der Waals surface area contributed by atoms with Gasteiger partial charge in [0, 0.05) is 0 Å². The first kappa shape index (κ1) is 25.9. The van der Waals surface area contributed by atoms with E-state index in [0.29, 0.717) is 6.54 Å². The number of hydrogen-bond acceptors (Lipinski definition) is 3. The summed E-state index contributed by atoms with van der Waals surface area (Å²) in [6.07, 6.45) is 20.5. The minimum absolute atomic E-state index is 0.367. The molecule has 0 aromatic carbocycles. The third kappa shape index (κ3) is 19.5. The Morgan fingerprint density at radius 3 is 1.37 bits per heavy atom. The van der Waals surface area contributed by atoms with Gasteiger partial charge < -0.3 is 15.5 Å². The van der Waals surface area contributed by atoms with Gasteiger partial charge in [-0.3, -0.25) is 9.59 Å². The number of carboxylic acids is 2. The van der Waals surface area contributed by atoms with Crippen LogP contribution in [0, 0.1) is 0 Å². The molecule has 5 heteroatoms. The summed E-state index contributed by atoms with van der Waals surface area (Å²) in [5.41, 5.74) is 0. The van der Waals surface area contributed by atoms with Crippen LogP contribution in [0.25, 0.3) is 0 Å². The van der Waals surface area contributed by atoms with Crippen LogP contribution < -0.4 is 5.32 Å². The summed E-state index contributed by atoms with van der Waals surface area (Å²) in [6, 6.07) is -0.973. The van der Waals surface area contributed by atoms with Gasteiger partial charge in [-0.1, -0.05) is 103 Å². The smallest absolute Gasteiger partial charge is 0.321 e. The molecule has 27 heavy (non-hydrogen) atoms. The lowest BCUT2D eigenvalue weighted by atomic mass is 10.0. The van der Waals surface area contributed by atoms with E-state index >= 15 is 0 Å². The lowest BCUT2D eigenvalue weighted by Crippen LogP contribution is -2.39. The van der Waals surface area contributed by atoms with Gasteiger partial charge in [0.15, 0.2) is 0 Å². The van der Waals surface area contributed by atoms with E-state index in [2.05, 4.69) is 12.2 Å². The molecule has 1 atom stereocenters. The highest BCUT2D eigenvalue weighted by Crippen LogP contribution is 2.13. The van der Waals surface area contributed by atoms with Gasteiger partial charge in [-0.05, 0) is 13.0 Å². The topological polar surface area (TPSA) is 86.6 Å².